The van der Waals surface area contributed by atoms with Crippen molar-refractivity contribution < 1.29 is 4.40 Å². The lowest BCUT2D eigenvalue weighted by Gasteiger charge is -1.97. The van der Waals surface area contributed by atoms with Crippen molar-refractivity contribution in [3.05, 3.63) is 59.8 Å². The monoisotopic (exact) mass is 214 g/mol. The van der Waals surface area contributed by atoms with Crippen LogP contribution in [-0.2, 0) is 0 Å². The van der Waals surface area contributed by atoms with Gasteiger partial charge >= 0.3 is 0 Å². The van der Waals surface area contributed by atoms with Gasteiger partial charge in [0.2, 0.25) is 11.0 Å². The molecule has 3 aromatic rings. The van der Waals surface area contributed by atoms with Gasteiger partial charge in [0, 0.05) is 34.7 Å². The van der Waals surface area contributed by atoms with E-state index in [1.54, 1.807) is 0 Å². The Balaban J connectivity index is 2.55. The Bertz CT molecular complexity index is 646. The number of hydrogen-bond acceptors (Lipinski definition) is 0. The molecule has 0 amide bonds. The summed E-state index contributed by atoms with van der Waals surface area (Å²) >= 11 is 5.96. The minimum Gasteiger partial charge on any atom is -0.160 e. The fourth-order valence-corrected chi connectivity index (χ4v) is 2.05. The minimum absolute atomic E-state index is 0.776. The smallest absolute Gasteiger partial charge is 0.160 e. The van der Waals surface area contributed by atoms with E-state index in [0.29, 0.717) is 0 Å². The van der Waals surface area contributed by atoms with Crippen LogP contribution in [0.3, 0.4) is 0 Å². The molecule has 72 valence electrons. The molecule has 1 nitrogen and oxygen atoms in total. The predicted molar refractivity (Wildman–Crippen MR) is 62.1 cm³/mol. The number of pyridine rings is 2. The van der Waals surface area contributed by atoms with Gasteiger partial charge in [0.1, 0.15) is 0 Å². The first-order valence-corrected chi connectivity index (χ1v) is 5.21. The van der Waals surface area contributed by atoms with Gasteiger partial charge in [0.05, 0.1) is 0 Å². The van der Waals surface area contributed by atoms with Crippen LogP contribution >= 0.6 is 11.6 Å². The largest absolute Gasteiger partial charge is 0.218 e. The summed E-state index contributed by atoms with van der Waals surface area (Å²) in [7, 11) is 0. The molecule has 2 heteroatoms. The first-order chi connectivity index (χ1) is 7.34. The third-order valence-corrected chi connectivity index (χ3v) is 2.81. The maximum atomic E-state index is 5.96. The highest BCUT2D eigenvalue weighted by Crippen LogP contribution is 2.17. The van der Waals surface area contributed by atoms with Gasteiger partial charge in [-0.1, -0.05) is 11.6 Å². The molecule has 0 bridgehead atoms. The summed E-state index contributed by atoms with van der Waals surface area (Å²) in [5.74, 6) is 0. The van der Waals surface area contributed by atoms with Gasteiger partial charge in [-0.2, -0.15) is 4.40 Å². The van der Waals surface area contributed by atoms with E-state index in [-0.39, 0.29) is 0 Å². The van der Waals surface area contributed by atoms with Gasteiger partial charge in [0.25, 0.3) is 0 Å². The topological polar surface area (TPSA) is 4.10 Å². The molecule has 0 aliphatic heterocycles. The number of benzene rings is 1. The number of aromatic nitrogens is 1. The number of rotatable bonds is 0. The lowest BCUT2D eigenvalue weighted by atomic mass is 10.2. The number of halogens is 1. The van der Waals surface area contributed by atoms with Crippen molar-refractivity contribution >= 4 is 28.0 Å². The molecular weight excluding hydrogens is 206 g/mol. The van der Waals surface area contributed by atoms with Gasteiger partial charge in [-0.25, -0.2) is 0 Å². The normalized spacial score (nSPS) is 11.0. The Morgan fingerprint density at radius 3 is 2.80 bits per heavy atom. The Labute approximate surface area is 92.5 Å². The molecule has 0 unspecified atom stereocenters. The van der Waals surface area contributed by atoms with Gasteiger partial charge in [-0.05, 0) is 24.3 Å². The van der Waals surface area contributed by atoms with Crippen molar-refractivity contribution in [3.8, 4) is 0 Å². The molecule has 0 radical (unpaired) electrons. The first-order valence-electron chi connectivity index (χ1n) is 4.83. The molecule has 0 saturated heterocycles. The highest BCUT2D eigenvalue weighted by atomic mass is 35.5. The molecule has 3 rings (SSSR count). The SMILES string of the molecule is Clc1ccc2c(ccc3cccc[n+]32)c1. The third-order valence-electron chi connectivity index (χ3n) is 2.57. The second-order valence-corrected chi connectivity index (χ2v) is 3.97. The van der Waals surface area contributed by atoms with Crippen LogP contribution in [0.25, 0.3) is 16.4 Å². The van der Waals surface area contributed by atoms with Crippen molar-refractivity contribution in [3.63, 3.8) is 0 Å². The van der Waals surface area contributed by atoms with Crippen molar-refractivity contribution in [2.75, 3.05) is 0 Å². The summed E-state index contributed by atoms with van der Waals surface area (Å²) in [5, 5.41) is 1.93. The third kappa shape index (κ3) is 1.36. The molecule has 0 N–H and O–H groups in total. The van der Waals surface area contributed by atoms with Crippen molar-refractivity contribution in [2.24, 2.45) is 0 Å². The van der Waals surface area contributed by atoms with E-state index in [1.165, 1.54) is 11.0 Å². The molecule has 0 atom stereocenters. The Kier molecular flexibility index (Phi) is 1.86. The maximum Gasteiger partial charge on any atom is 0.218 e. The summed E-state index contributed by atoms with van der Waals surface area (Å²) in [6.07, 6.45) is 2.06. The summed E-state index contributed by atoms with van der Waals surface area (Å²) < 4.78 is 2.16. The Morgan fingerprint density at radius 2 is 1.87 bits per heavy atom. The fourth-order valence-electron chi connectivity index (χ4n) is 1.86. The fraction of sp³-hybridized carbons (Fsp3) is 0. The Morgan fingerprint density at radius 1 is 0.933 bits per heavy atom. The van der Waals surface area contributed by atoms with E-state index >= 15 is 0 Å². The molecule has 2 aromatic heterocycles. The van der Waals surface area contributed by atoms with Crippen LogP contribution in [0, 0.1) is 0 Å². The number of nitrogens with zero attached hydrogens (tertiary/aromatic N) is 1. The standard InChI is InChI=1S/C13H9ClN/c14-11-5-7-13-10(9-11)4-6-12-3-1-2-8-15(12)13/h1-9H/q+1. The van der Waals surface area contributed by atoms with Crippen LogP contribution in [0.1, 0.15) is 0 Å². The highest BCUT2D eigenvalue weighted by Gasteiger charge is 2.07. The van der Waals surface area contributed by atoms with E-state index in [0.717, 1.165) is 10.4 Å². The van der Waals surface area contributed by atoms with Gasteiger partial charge < -0.3 is 0 Å². The van der Waals surface area contributed by atoms with E-state index < -0.39 is 0 Å². The van der Waals surface area contributed by atoms with Gasteiger partial charge in [0.15, 0.2) is 6.20 Å². The maximum absolute atomic E-state index is 5.96. The van der Waals surface area contributed by atoms with Crippen molar-refractivity contribution in [2.45, 2.75) is 0 Å². The molecule has 0 aliphatic carbocycles. The minimum atomic E-state index is 0.776. The summed E-state index contributed by atoms with van der Waals surface area (Å²) in [4.78, 5) is 0. The van der Waals surface area contributed by atoms with Crippen LogP contribution in [0.5, 0.6) is 0 Å². The zero-order chi connectivity index (χ0) is 10.3. The summed E-state index contributed by atoms with van der Waals surface area (Å²) in [6.45, 7) is 0. The average Bonchev–Trinajstić information content (AvgIpc) is 2.28. The number of hydrogen-bond donors (Lipinski definition) is 0. The molecule has 2 heterocycles. The predicted octanol–water partition coefficient (Wildman–Crippen LogP) is 3.23. The van der Waals surface area contributed by atoms with Gasteiger partial charge in [-0.3, -0.25) is 0 Å². The van der Waals surface area contributed by atoms with Crippen LogP contribution < -0.4 is 4.40 Å². The van der Waals surface area contributed by atoms with E-state index in [9.17, 15) is 0 Å². The molecule has 0 saturated carbocycles. The highest BCUT2D eigenvalue weighted by molar-refractivity contribution is 6.31. The summed E-state index contributed by atoms with van der Waals surface area (Å²) in [5.41, 5.74) is 2.37. The van der Waals surface area contributed by atoms with Crippen molar-refractivity contribution in [1.29, 1.82) is 0 Å². The second-order valence-electron chi connectivity index (χ2n) is 3.53. The zero-order valence-electron chi connectivity index (χ0n) is 8.02. The molecular formula is C13H9ClN+. The van der Waals surface area contributed by atoms with Crippen molar-refractivity contribution in [1.82, 2.24) is 0 Å². The van der Waals surface area contributed by atoms with Crippen LogP contribution in [0.15, 0.2) is 54.7 Å². The van der Waals surface area contributed by atoms with Crippen LogP contribution in [0.4, 0.5) is 0 Å². The van der Waals surface area contributed by atoms with E-state index in [4.69, 9.17) is 11.6 Å². The first kappa shape index (κ1) is 8.69. The van der Waals surface area contributed by atoms with E-state index in [2.05, 4.69) is 28.8 Å². The lowest BCUT2D eigenvalue weighted by molar-refractivity contribution is -0.481. The van der Waals surface area contributed by atoms with Crippen LogP contribution in [0.2, 0.25) is 5.02 Å². The quantitative estimate of drug-likeness (QED) is 0.400. The lowest BCUT2D eigenvalue weighted by Crippen LogP contribution is -2.21. The average molecular weight is 215 g/mol. The molecule has 15 heavy (non-hydrogen) atoms. The number of fused-ring (bicyclic) bond motifs is 3. The van der Waals surface area contributed by atoms with Gasteiger partial charge in [-0.15, -0.1) is 0 Å². The molecule has 0 spiro atoms. The molecule has 1 aromatic carbocycles. The second kappa shape index (κ2) is 3.21. The van der Waals surface area contributed by atoms with Crippen LogP contribution in [-0.4, -0.2) is 0 Å². The Hall–Kier alpha value is -1.60. The van der Waals surface area contributed by atoms with E-state index in [1.807, 2.05) is 30.3 Å². The molecule has 0 aliphatic rings. The zero-order valence-corrected chi connectivity index (χ0v) is 8.78. The summed E-state index contributed by atoms with van der Waals surface area (Å²) in [6, 6.07) is 16.3. The molecule has 0 fully saturated rings.